The summed E-state index contributed by atoms with van der Waals surface area (Å²) in [5.74, 6) is -0.883. The van der Waals surface area contributed by atoms with E-state index in [0.717, 1.165) is 18.4 Å². The largest absolute Gasteiger partial charge is 0.478 e. The van der Waals surface area contributed by atoms with Gasteiger partial charge in [-0.15, -0.1) is 0 Å². The van der Waals surface area contributed by atoms with Crippen LogP contribution in [0.15, 0.2) is 66.7 Å². The summed E-state index contributed by atoms with van der Waals surface area (Å²) in [6, 6.07) is 17.3. The Morgan fingerprint density at radius 2 is 1.37 bits per heavy atom. The van der Waals surface area contributed by atoms with Crippen molar-refractivity contribution in [2.75, 3.05) is 0 Å². The lowest BCUT2D eigenvalue weighted by molar-refractivity contribution is 0.0697. The maximum Gasteiger partial charge on any atom is 0.335 e. The number of benzene rings is 2. The van der Waals surface area contributed by atoms with Gasteiger partial charge >= 0.3 is 5.97 Å². The summed E-state index contributed by atoms with van der Waals surface area (Å²) in [5, 5.41) is 8.80. The number of carbonyl (C=O) groups is 1. The Bertz CT molecular complexity index is 554. The van der Waals surface area contributed by atoms with Crippen molar-refractivity contribution in [1.29, 1.82) is 0 Å². The van der Waals surface area contributed by atoms with Crippen LogP contribution in [0.1, 0.15) is 21.5 Å². The van der Waals surface area contributed by atoms with Gasteiger partial charge in [0.15, 0.2) is 0 Å². The standard InChI is InChI=1S/C17H16O2/c18-17(19)16-12-10-15(11-13-16)9-5-4-8-14-6-2-1-3-7-14/h1-7,10-13H,8-9H2,(H,18,19). The number of aromatic carboxylic acids is 1. The van der Waals surface area contributed by atoms with E-state index in [0.29, 0.717) is 5.56 Å². The van der Waals surface area contributed by atoms with Crippen molar-refractivity contribution in [2.24, 2.45) is 0 Å². The summed E-state index contributed by atoms with van der Waals surface area (Å²) < 4.78 is 0. The smallest absolute Gasteiger partial charge is 0.335 e. The van der Waals surface area contributed by atoms with Crippen LogP contribution in [0.2, 0.25) is 0 Å². The zero-order valence-corrected chi connectivity index (χ0v) is 10.6. The number of carboxylic acids is 1. The highest BCUT2D eigenvalue weighted by Gasteiger charge is 2.00. The summed E-state index contributed by atoms with van der Waals surface area (Å²) in [4.78, 5) is 10.7. The van der Waals surface area contributed by atoms with Crippen molar-refractivity contribution < 1.29 is 9.90 Å². The summed E-state index contributed by atoms with van der Waals surface area (Å²) in [6.07, 6.45) is 6.00. The van der Waals surface area contributed by atoms with E-state index in [4.69, 9.17) is 5.11 Å². The molecule has 96 valence electrons. The molecule has 2 aromatic rings. The summed E-state index contributed by atoms with van der Waals surface area (Å²) in [5.41, 5.74) is 2.74. The molecule has 2 rings (SSSR count). The molecule has 0 radical (unpaired) electrons. The molecule has 0 aliphatic heterocycles. The number of rotatable bonds is 5. The van der Waals surface area contributed by atoms with Gasteiger partial charge in [-0.1, -0.05) is 54.6 Å². The van der Waals surface area contributed by atoms with Gasteiger partial charge in [-0.2, -0.15) is 0 Å². The molecule has 2 aromatic carbocycles. The normalized spacial score (nSPS) is 10.7. The van der Waals surface area contributed by atoms with E-state index in [9.17, 15) is 4.79 Å². The zero-order chi connectivity index (χ0) is 13.5. The Kier molecular flexibility index (Phi) is 4.51. The summed E-state index contributed by atoms with van der Waals surface area (Å²) >= 11 is 0. The summed E-state index contributed by atoms with van der Waals surface area (Å²) in [6.45, 7) is 0. The van der Waals surface area contributed by atoms with Crippen LogP contribution in [0.25, 0.3) is 0 Å². The monoisotopic (exact) mass is 252 g/mol. The minimum absolute atomic E-state index is 0.331. The van der Waals surface area contributed by atoms with Crippen molar-refractivity contribution >= 4 is 5.97 Å². The van der Waals surface area contributed by atoms with Gasteiger partial charge in [0.05, 0.1) is 5.56 Å². The van der Waals surface area contributed by atoms with Gasteiger partial charge in [-0.25, -0.2) is 4.79 Å². The van der Waals surface area contributed by atoms with Crippen LogP contribution in [0.3, 0.4) is 0 Å². The second kappa shape index (κ2) is 6.55. The van der Waals surface area contributed by atoms with Crippen LogP contribution in [0.4, 0.5) is 0 Å². The van der Waals surface area contributed by atoms with Crippen molar-refractivity contribution in [3.8, 4) is 0 Å². The van der Waals surface area contributed by atoms with Crippen molar-refractivity contribution in [1.82, 2.24) is 0 Å². The second-order valence-corrected chi connectivity index (χ2v) is 4.37. The van der Waals surface area contributed by atoms with Gasteiger partial charge in [0.25, 0.3) is 0 Å². The van der Waals surface area contributed by atoms with Gasteiger partial charge < -0.3 is 5.11 Å². The Morgan fingerprint density at radius 1 is 0.842 bits per heavy atom. The quantitative estimate of drug-likeness (QED) is 0.823. The van der Waals surface area contributed by atoms with Gasteiger partial charge in [0, 0.05) is 0 Å². The zero-order valence-electron chi connectivity index (χ0n) is 10.6. The fourth-order valence-corrected chi connectivity index (χ4v) is 1.84. The molecule has 0 aliphatic carbocycles. The third-order valence-electron chi connectivity index (χ3n) is 2.92. The number of hydrogen-bond donors (Lipinski definition) is 1. The molecule has 0 aliphatic rings. The van der Waals surface area contributed by atoms with E-state index in [1.54, 1.807) is 12.1 Å². The van der Waals surface area contributed by atoms with Crippen molar-refractivity contribution in [2.45, 2.75) is 12.8 Å². The molecule has 0 amide bonds. The van der Waals surface area contributed by atoms with Crippen LogP contribution >= 0.6 is 0 Å². The van der Waals surface area contributed by atoms with Crippen LogP contribution in [0, 0.1) is 0 Å². The first-order valence-electron chi connectivity index (χ1n) is 6.27. The molecule has 0 aromatic heterocycles. The molecular weight excluding hydrogens is 236 g/mol. The highest BCUT2D eigenvalue weighted by molar-refractivity contribution is 5.87. The van der Waals surface area contributed by atoms with E-state index >= 15 is 0 Å². The lowest BCUT2D eigenvalue weighted by atomic mass is 10.1. The van der Waals surface area contributed by atoms with E-state index < -0.39 is 5.97 Å². The number of allylic oxidation sites excluding steroid dienone is 2. The Labute approximate surface area is 113 Å². The molecule has 1 N–H and O–H groups in total. The topological polar surface area (TPSA) is 37.3 Å². The first-order valence-corrected chi connectivity index (χ1v) is 6.27. The van der Waals surface area contributed by atoms with Crippen LogP contribution in [0.5, 0.6) is 0 Å². The molecule has 0 bridgehead atoms. The maximum absolute atomic E-state index is 10.7. The highest BCUT2D eigenvalue weighted by Crippen LogP contribution is 2.06. The van der Waals surface area contributed by atoms with Gasteiger partial charge in [0.2, 0.25) is 0 Å². The van der Waals surface area contributed by atoms with E-state index in [-0.39, 0.29) is 0 Å². The minimum Gasteiger partial charge on any atom is -0.478 e. The van der Waals surface area contributed by atoms with Gasteiger partial charge in [-0.3, -0.25) is 0 Å². The number of hydrogen-bond acceptors (Lipinski definition) is 1. The third-order valence-corrected chi connectivity index (χ3v) is 2.92. The van der Waals surface area contributed by atoms with Crippen molar-refractivity contribution in [3.05, 3.63) is 83.4 Å². The molecule has 0 saturated heterocycles. The molecule has 0 spiro atoms. The molecule has 0 saturated carbocycles. The molecule has 0 atom stereocenters. The molecule has 0 unspecified atom stereocenters. The lowest BCUT2D eigenvalue weighted by Crippen LogP contribution is -1.95. The van der Waals surface area contributed by atoms with E-state index in [1.807, 2.05) is 30.3 Å². The Hall–Kier alpha value is -2.35. The molecule has 2 nitrogen and oxygen atoms in total. The highest BCUT2D eigenvalue weighted by atomic mass is 16.4. The molecule has 0 heterocycles. The minimum atomic E-state index is -0.883. The molecule has 19 heavy (non-hydrogen) atoms. The second-order valence-electron chi connectivity index (χ2n) is 4.37. The SMILES string of the molecule is O=C(O)c1ccc(CC=CCc2ccccc2)cc1. The number of carboxylic acid groups (broad SMARTS) is 1. The predicted octanol–water partition coefficient (Wildman–Crippen LogP) is 3.73. The summed E-state index contributed by atoms with van der Waals surface area (Å²) in [7, 11) is 0. The fraction of sp³-hybridized carbons (Fsp3) is 0.118. The average molecular weight is 252 g/mol. The van der Waals surface area contributed by atoms with Crippen molar-refractivity contribution in [3.63, 3.8) is 0 Å². The first kappa shape index (κ1) is 13.1. The first-order chi connectivity index (χ1) is 9.25. The third kappa shape index (κ3) is 4.11. The Morgan fingerprint density at radius 3 is 1.89 bits per heavy atom. The Balaban J connectivity index is 1.86. The van der Waals surface area contributed by atoms with Crippen LogP contribution in [-0.2, 0) is 12.8 Å². The molecule has 2 heteroatoms. The average Bonchev–Trinajstić information content (AvgIpc) is 2.45. The fourth-order valence-electron chi connectivity index (χ4n) is 1.84. The van der Waals surface area contributed by atoms with Gasteiger partial charge in [0.1, 0.15) is 0 Å². The maximum atomic E-state index is 10.7. The predicted molar refractivity (Wildman–Crippen MR) is 76.4 cm³/mol. The lowest BCUT2D eigenvalue weighted by Gasteiger charge is -1.98. The van der Waals surface area contributed by atoms with Crippen LogP contribution < -0.4 is 0 Å². The van der Waals surface area contributed by atoms with E-state index in [2.05, 4.69) is 24.3 Å². The molecule has 0 fully saturated rings. The molecular formula is C17H16O2. The van der Waals surface area contributed by atoms with E-state index in [1.165, 1.54) is 5.56 Å². The van der Waals surface area contributed by atoms with Gasteiger partial charge in [-0.05, 0) is 36.1 Å². The van der Waals surface area contributed by atoms with Crippen LogP contribution in [-0.4, -0.2) is 11.1 Å².